The number of carbonyl (C=O) groups excluding carboxylic acids is 2. The van der Waals surface area contributed by atoms with E-state index in [0.29, 0.717) is 26.2 Å². The first-order valence-corrected chi connectivity index (χ1v) is 10.8. The number of guanidine groups is 1. The molecule has 178 valence electrons. The fourth-order valence-corrected chi connectivity index (χ4v) is 3.54. The first-order valence-electron chi connectivity index (χ1n) is 10.8. The lowest BCUT2D eigenvalue weighted by molar-refractivity contribution is 0.0137. The van der Waals surface area contributed by atoms with E-state index in [4.69, 9.17) is 4.74 Å². The highest BCUT2D eigenvalue weighted by atomic mass is 127. The van der Waals surface area contributed by atoms with E-state index in [0.717, 1.165) is 23.8 Å². The van der Waals surface area contributed by atoms with Crippen LogP contribution in [0.2, 0.25) is 0 Å². The number of benzene rings is 1. The average Bonchev–Trinajstić information content (AvgIpc) is 3.07. The summed E-state index contributed by atoms with van der Waals surface area (Å²) >= 11 is 0. The van der Waals surface area contributed by atoms with Gasteiger partial charge in [0.15, 0.2) is 5.96 Å². The molecular formula is C22H35IN6O3. The maximum atomic E-state index is 12.3. The number of piperazine rings is 1. The normalized spacial score (nSPS) is 17.8. The molecule has 9 nitrogen and oxygen atoms in total. The van der Waals surface area contributed by atoms with Gasteiger partial charge in [-0.15, -0.1) is 24.0 Å². The van der Waals surface area contributed by atoms with Crippen molar-refractivity contribution in [3.63, 3.8) is 0 Å². The lowest BCUT2D eigenvalue weighted by Gasteiger charge is -2.39. The Morgan fingerprint density at radius 1 is 1.19 bits per heavy atom. The summed E-state index contributed by atoms with van der Waals surface area (Å²) in [5.74, 6) is 0.868. The van der Waals surface area contributed by atoms with Gasteiger partial charge in [0.1, 0.15) is 5.60 Å². The number of halogens is 1. The number of ether oxygens (including phenoxy) is 1. The quantitative estimate of drug-likeness (QED) is 0.494. The Hall–Kier alpha value is -2.24. The van der Waals surface area contributed by atoms with Crippen LogP contribution >= 0.6 is 24.0 Å². The Balaban J connectivity index is 0.00000363. The molecule has 10 heteroatoms. The van der Waals surface area contributed by atoms with Crippen LogP contribution in [-0.4, -0.2) is 71.7 Å². The highest BCUT2D eigenvalue weighted by Crippen LogP contribution is 2.19. The number of amides is 3. The van der Waals surface area contributed by atoms with E-state index in [9.17, 15) is 9.59 Å². The van der Waals surface area contributed by atoms with E-state index in [1.165, 1.54) is 0 Å². The molecule has 1 aromatic carbocycles. The second kappa shape index (κ2) is 11.1. The first kappa shape index (κ1) is 26.0. The zero-order valence-electron chi connectivity index (χ0n) is 19.5. The number of hydrogen-bond donors (Lipinski definition) is 3. The zero-order valence-corrected chi connectivity index (χ0v) is 21.8. The van der Waals surface area contributed by atoms with E-state index in [2.05, 4.69) is 25.8 Å². The summed E-state index contributed by atoms with van der Waals surface area (Å²) < 4.78 is 5.50. The topological polar surface area (TPSA) is 98.3 Å². The predicted molar refractivity (Wildman–Crippen MR) is 137 cm³/mol. The minimum Gasteiger partial charge on any atom is -0.444 e. The molecule has 32 heavy (non-hydrogen) atoms. The predicted octanol–water partition coefficient (Wildman–Crippen LogP) is 3.22. The summed E-state index contributed by atoms with van der Waals surface area (Å²) in [4.78, 5) is 32.8. The number of carbonyl (C=O) groups is 2. The Kier molecular flexibility index (Phi) is 8.99. The Morgan fingerprint density at radius 3 is 2.50 bits per heavy atom. The van der Waals surface area contributed by atoms with Crippen LogP contribution in [0.1, 0.15) is 40.2 Å². The summed E-state index contributed by atoms with van der Waals surface area (Å²) in [6, 6.07) is 7.78. The molecule has 1 atom stereocenters. The van der Waals surface area contributed by atoms with Gasteiger partial charge in [-0.2, -0.15) is 0 Å². The fourth-order valence-electron chi connectivity index (χ4n) is 3.54. The van der Waals surface area contributed by atoms with Gasteiger partial charge in [-0.25, -0.2) is 9.59 Å². The van der Waals surface area contributed by atoms with E-state index in [1.807, 2.05) is 58.9 Å². The monoisotopic (exact) mass is 558 g/mol. The van der Waals surface area contributed by atoms with Crippen molar-refractivity contribution in [3.05, 3.63) is 29.8 Å². The van der Waals surface area contributed by atoms with Crippen molar-refractivity contribution in [2.75, 3.05) is 31.5 Å². The molecule has 0 bridgehead atoms. The van der Waals surface area contributed by atoms with Gasteiger partial charge < -0.3 is 30.5 Å². The molecule has 2 aliphatic rings. The number of urea groups is 1. The first-order chi connectivity index (χ1) is 14.6. The highest BCUT2D eigenvalue weighted by Gasteiger charge is 2.36. The Labute approximate surface area is 207 Å². The number of anilines is 1. The van der Waals surface area contributed by atoms with Gasteiger partial charge in [0, 0.05) is 37.9 Å². The number of nitrogens with one attached hydrogen (secondary N) is 3. The van der Waals surface area contributed by atoms with Crippen molar-refractivity contribution in [3.8, 4) is 0 Å². The van der Waals surface area contributed by atoms with E-state index >= 15 is 0 Å². The summed E-state index contributed by atoms with van der Waals surface area (Å²) in [5.41, 5.74) is 1.35. The van der Waals surface area contributed by atoms with Crippen LogP contribution in [0, 0.1) is 0 Å². The third kappa shape index (κ3) is 7.42. The second-order valence-electron chi connectivity index (χ2n) is 9.24. The molecule has 3 amide bonds. The summed E-state index contributed by atoms with van der Waals surface area (Å²) in [5, 5.41) is 9.02. The maximum absolute atomic E-state index is 12.3. The van der Waals surface area contributed by atoms with Gasteiger partial charge in [-0.1, -0.05) is 12.1 Å². The molecule has 2 aliphatic heterocycles. The molecule has 0 saturated carbocycles. The maximum Gasteiger partial charge on any atom is 0.410 e. The standard InChI is InChI=1S/C22H34N6O3.HI/c1-15(2)25-20(29)26-17-8-6-16(7-9-17)12-23-19-24-13-18-14-27(10-11-28(18)19)21(30)31-22(3,4)5;/h6-9,15,18H,10-14H2,1-5H3,(H,23,24)(H2,25,26,29);1H. The number of hydrogen-bond acceptors (Lipinski definition) is 6. The van der Waals surface area contributed by atoms with Gasteiger partial charge in [0.05, 0.1) is 12.6 Å². The third-order valence-electron chi connectivity index (χ3n) is 4.94. The Bertz CT molecular complexity index is 822. The summed E-state index contributed by atoms with van der Waals surface area (Å²) in [6.45, 7) is 12.7. The zero-order chi connectivity index (χ0) is 22.6. The molecule has 1 fully saturated rings. The van der Waals surface area contributed by atoms with E-state index in [1.54, 1.807) is 4.90 Å². The van der Waals surface area contributed by atoms with Crippen molar-refractivity contribution in [2.45, 2.75) is 58.8 Å². The van der Waals surface area contributed by atoms with Crippen LogP contribution in [0.15, 0.2) is 29.3 Å². The fraction of sp³-hybridized carbons (Fsp3) is 0.591. The SMILES string of the molecule is CC(C)NC(=O)Nc1ccc(CNC2=NCC3CN(C(=O)OC(C)(C)C)CCN23)cc1.I. The van der Waals surface area contributed by atoms with Crippen LogP contribution in [0.3, 0.4) is 0 Å². The number of nitrogens with zero attached hydrogens (tertiary/aromatic N) is 3. The smallest absolute Gasteiger partial charge is 0.410 e. The molecule has 2 heterocycles. The molecule has 0 spiro atoms. The minimum atomic E-state index is -0.490. The summed E-state index contributed by atoms with van der Waals surface area (Å²) in [7, 11) is 0. The van der Waals surface area contributed by atoms with Crippen LogP contribution in [0.4, 0.5) is 15.3 Å². The summed E-state index contributed by atoms with van der Waals surface area (Å²) in [6.07, 6.45) is -0.260. The molecule has 3 N–H and O–H groups in total. The Morgan fingerprint density at radius 2 is 1.88 bits per heavy atom. The van der Waals surface area contributed by atoms with Crippen LogP contribution < -0.4 is 16.0 Å². The lowest BCUT2D eigenvalue weighted by atomic mass is 10.2. The van der Waals surface area contributed by atoms with Crippen molar-refractivity contribution < 1.29 is 14.3 Å². The molecule has 3 rings (SSSR count). The molecule has 1 unspecified atom stereocenters. The van der Waals surface area contributed by atoms with Crippen LogP contribution in [0.5, 0.6) is 0 Å². The molecular weight excluding hydrogens is 523 g/mol. The van der Waals surface area contributed by atoms with Crippen LogP contribution in [-0.2, 0) is 11.3 Å². The molecule has 1 saturated heterocycles. The van der Waals surface area contributed by atoms with Crippen molar-refractivity contribution in [2.24, 2.45) is 4.99 Å². The molecule has 0 aliphatic carbocycles. The van der Waals surface area contributed by atoms with Gasteiger partial charge >= 0.3 is 12.1 Å². The van der Waals surface area contributed by atoms with Gasteiger partial charge in [0.2, 0.25) is 0 Å². The van der Waals surface area contributed by atoms with Gasteiger partial charge in [-0.3, -0.25) is 4.99 Å². The largest absolute Gasteiger partial charge is 0.444 e. The average molecular weight is 558 g/mol. The lowest BCUT2D eigenvalue weighted by Crippen LogP contribution is -2.57. The van der Waals surface area contributed by atoms with Crippen molar-refractivity contribution in [1.29, 1.82) is 0 Å². The second-order valence-corrected chi connectivity index (χ2v) is 9.24. The number of rotatable bonds is 4. The number of fused-ring (bicyclic) bond motifs is 1. The van der Waals surface area contributed by atoms with Gasteiger partial charge in [0.25, 0.3) is 0 Å². The molecule has 0 radical (unpaired) electrons. The van der Waals surface area contributed by atoms with Crippen molar-refractivity contribution >= 4 is 47.7 Å². The minimum absolute atomic E-state index is 0. The molecule has 0 aromatic heterocycles. The molecule has 1 aromatic rings. The van der Waals surface area contributed by atoms with Crippen molar-refractivity contribution in [1.82, 2.24) is 20.4 Å². The third-order valence-corrected chi connectivity index (χ3v) is 4.94. The van der Waals surface area contributed by atoms with Gasteiger partial charge in [-0.05, 0) is 52.3 Å². The van der Waals surface area contributed by atoms with E-state index < -0.39 is 5.60 Å². The van der Waals surface area contributed by atoms with E-state index in [-0.39, 0.29) is 48.2 Å². The van der Waals surface area contributed by atoms with Crippen LogP contribution in [0.25, 0.3) is 0 Å². The number of aliphatic imine (C=N–C) groups is 1. The highest BCUT2D eigenvalue weighted by molar-refractivity contribution is 14.0.